The van der Waals surface area contributed by atoms with Gasteiger partial charge in [-0.2, -0.15) is 0 Å². The van der Waals surface area contributed by atoms with E-state index in [0.29, 0.717) is 16.6 Å². The second kappa shape index (κ2) is 6.35. The van der Waals surface area contributed by atoms with Gasteiger partial charge < -0.3 is 5.73 Å². The smallest absolute Gasteiger partial charge is 0.187 e. The lowest BCUT2D eigenvalue weighted by molar-refractivity contribution is 0.978. The van der Waals surface area contributed by atoms with Gasteiger partial charge in [-0.3, -0.25) is 0 Å². The molecule has 3 aromatic rings. The van der Waals surface area contributed by atoms with E-state index in [1.165, 1.54) is 24.6 Å². The highest BCUT2D eigenvalue weighted by molar-refractivity contribution is 7.98. The normalized spacial score (nSPS) is 14.1. The van der Waals surface area contributed by atoms with Crippen molar-refractivity contribution < 1.29 is 0 Å². The number of aromatic nitrogens is 3. The molecule has 2 N–H and O–H groups in total. The van der Waals surface area contributed by atoms with Crippen molar-refractivity contribution in [3.63, 3.8) is 0 Å². The van der Waals surface area contributed by atoms with E-state index in [1.54, 1.807) is 23.6 Å². The highest BCUT2D eigenvalue weighted by Gasteiger charge is 2.29. The van der Waals surface area contributed by atoms with Crippen molar-refractivity contribution in [3.05, 3.63) is 40.5 Å². The van der Waals surface area contributed by atoms with Crippen LogP contribution in [0.4, 0.5) is 5.69 Å². The summed E-state index contributed by atoms with van der Waals surface area (Å²) in [4.78, 5) is 14.8. The molecule has 1 saturated carbocycles. The van der Waals surface area contributed by atoms with Crippen molar-refractivity contribution in [2.75, 3.05) is 12.0 Å². The molecular weight excluding hydrogens is 360 g/mol. The van der Waals surface area contributed by atoms with Gasteiger partial charge in [-0.15, -0.1) is 11.3 Å². The van der Waals surface area contributed by atoms with Gasteiger partial charge in [0.05, 0.1) is 26.3 Å². The SMILES string of the molecule is CSc1nccc(-c2sc(C3CC3)nc2-c2cc(N)ccc2Cl)n1. The number of hydrogen-bond donors (Lipinski definition) is 1. The molecule has 7 heteroatoms. The van der Waals surface area contributed by atoms with Crippen LogP contribution in [0.3, 0.4) is 0 Å². The molecule has 0 saturated heterocycles. The molecule has 2 heterocycles. The highest BCUT2D eigenvalue weighted by atomic mass is 35.5. The summed E-state index contributed by atoms with van der Waals surface area (Å²) in [5.74, 6) is 0.573. The van der Waals surface area contributed by atoms with Crippen molar-refractivity contribution in [2.45, 2.75) is 23.9 Å². The zero-order valence-corrected chi connectivity index (χ0v) is 15.4. The predicted octanol–water partition coefficient (Wildman–Crippen LogP) is 5.10. The Labute approximate surface area is 153 Å². The predicted molar refractivity (Wildman–Crippen MR) is 102 cm³/mol. The summed E-state index contributed by atoms with van der Waals surface area (Å²) < 4.78 is 0. The maximum absolute atomic E-state index is 6.43. The maximum Gasteiger partial charge on any atom is 0.187 e. The molecule has 0 amide bonds. The van der Waals surface area contributed by atoms with Gasteiger partial charge in [0.1, 0.15) is 0 Å². The van der Waals surface area contributed by atoms with E-state index in [4.69, 9.17) is 22.3 Å². The molecule has 4 nitrogen and oxygen atoms in total. The number of hydrogen-bond acceptors (Lipinski definition) is 6. The van der Waals surface area contributed by atoms with E-state index in [2.05, 4.69) is 9.97 Å². The molecule has 1 aliphatic carbocycles. The minimum Gasteiger partial charge on any atom is -0.399 e. The number of anilines is 1. The number of halogens is 1. The van der Waals surface area contributed by atoms with E-state index in [1.807, 2.05) is 24.5 Å². The molecule has 0 unspecified atom stereocenters. The fourth-order valence-corrected chi connectivity index (χ4v) is 4.27. The molecule has 0 atom stereocenters. The first-order chi connectivity index (χ1) is 11.7. The van der Waals surface area contributed by atoms with Gasteiger partial charge in [-0.25, -0.2) is 15.0 Å². The summed E-state index contributed by atoms with van der Waals surface area (Å²) >= 11 is 9.65. The number of thioether (sulfide) groups is 1. The molecule has 122 valence electrons. The molecule has 4 rings (SSSR count). The number of nitrogens with two attached hydrogens (primary N) is 1. The van der Waals surface area contributed by atoms with Gasteiger partial charge in [0.15, 0.2) is 5.16 Å². The molecule has 1 aromatic carbocycles. The fraction of sp³-hybridized carbons (Fsp3) is 0.235. The summed E-state index contributed by atoms with van der Waals surface area (Å²) in [6.07, 6.45) is 6.17. The molecule has 0 bridgehead atoms. The fourth-order valence-electron chi connectivity index (χ4n) is 2.49. The quantitative estimate of drug-likeness (QED) is 0.391. The average molecular weight is 375 g/mol. The maximum atomic E-state index is 6.43. The van der Waals surface area contributed by atoms with E-state index < -0.39 is 0 Å². The van der Waals surface area contributed by atoms with E-state index in [-0.39, 0.29) is 0 Å². The number of benzene rings is 1. The first kappa shape index (κ1) is 15.9. The lowest BCUT2D eigenvalue weighted by Crippen LogP contribution is -1.91. The van der Waals surface area contributed by atoms with Crippen LogP contribution in [0.1, 0.15) is 23.8 Å². The van der Waals surface area contributed by atoms with Crippen LogP contribution in [0.15, 0.2) is 35.6 Å². The van der Waals surface area contributed by atoms with Crippen LogP contribution in [0.25, 0.3) is 21.8 Å². The lowest BCUT2D eigenvalue weighted by Gasteiger charge is -2.06. The van der Waals surface area contributed by atoms with Crippen molar-refractivity contribution in [1.29, 1.82) is 0 Å². The molecule has 2 aromatic heterocycles. The Kier molecular flexibility index (Phi) is 4.20. The van der Waals surface area contributed by atoms with E-state index >= 15 is 0 Å². The van der Waals surface area contributed by atoms with Gasteiger partial charge in [0.25, 0.3) is 0 Å². The Balaban J connectivity index is 1.90. The largest absolute Gasteiger partial charge is 0.399 e. The highest BCUT2D eigenvalue weighted by Crippen LogP contribution is 2.47. The number of nitrogen functional groups attached to an aromatic ring is 1. The van der Waals surface area contributed by atoms with E-state index in [0.717, 1.165) is 32.0 Å². The van der Waals surface area contributed by atoms with Crippen LogP contribution >= 0.6 is 34.7 Å². The molecule has 1 aliphatic rings. The Bertz CT molecular complexity index is 905. The molecule has 24 heavy (non-hydrogen) atoms. The zero-order valence-electron chi connectivity index (χ0n) is 13.0. The first-order valence-corrected chi connectivity index (χ1v) is 10.0. The lowest BCUT2D eigenvalue weighted by atomic mass is 10.1. The molecule has 1 fully saturated rings. The first-order valence-electron chi connectivity index (χ1n) is 7.59. The summed E-state index contributed by atoms with van der Waals surface area (Å²) in [5, 5.41) is 2.55. The Morgan fingerprint density at radius 3 is 2.83 bits per heavy atom. The van der Waals surface area contributed by atoms with Crippen LogP contribution in [0, 0.1) is 0 Å². The van der Waals surface area contributed by atoms with Crippen molar-refractivity contribution in [2.24, 2.45) is 0 Å². The molecule has 0 spiro atoms. The Hall–Kier alpha value is -1.63. The third kappa shape index (κ3) is 3.01. The van der Waals surface area contributed by atoms with Gasteiger partial charge in [0, 0.05) is 23.4 Å². The van der Waals surface area contributed by atoms with Crippen molar-refractivity contribution in [3.8, 4) is 21.8 Å². The van der Waals surface area contributed by atoms with Crippen LogP contribution < -0.4 is 5.73 Å². The third-order valence-corrected chi connectivity index (χ3v) is 6.00. The summed E-state index contributed by atoms with van der Waals surface area (Å²) in [7, 11) is 0. The topological polar surface area (TPSA) is 64.7 Å². The molecular formula is C17H15ClN4S2. The van der Waals surface area contributed by atoms with E-state index in [9.17, 15) is 0 Å². The van der Waals surface area contributed by atoms with Crippen LogP contribution in [0.5, 0.6) is 0 Å². The Morgan fingerprint density at radius 2 is 2.08 bits per heavy atom. The average Bonchev–Trinajstić information content (AvgIpc) is 3.36. The minimum atomic E-state index is 0.573. The standard InChI is InChI=1S/C17H15ClN4S2/c1-23-17-20-7-6-13(21-17)15-14(22-16(24-15)9-2-3-9)11-8-10(19)4-5-12(11)18/h4-9H,2-3,19H2,1H3. The second-order valence-corrected chi connectivity index (χ2v) is 7.88. The van der Waals surface area contributed by atoms with Gasteiger partial charge in [-0.05, 0) is 43.4 Å². The monoisotopic (exact) mass is 374 g/mol. The molecule has 0 aliphatic heterocycles. The van der Waals surface area contributed by atoms with Crippen LogP contribution in [0.2, 0.25) is 5.02 Å². The minimum absolute atomic E-state index is 0.573. The van der Waals surface area contributed by atoms with Crippen LogP contribution in [-0.4, -0.2) is 21.2 Å². The van der Waals surface area contributed by atoms with Crippen LogP contribution in [-0.2, 0) is 0 Å². The number of thiazole rings is 1. The molecule has 0 radical (unpaired) electrons. The Morgan fingerprint density at radius 1 is 1.25 bits per heavy atom. The van der Waals surface area contributed by atoms with Gasteiger partial charge in [-0.1, -0.05) is 23.4 Å². The summed E-state index contributed by atoms with van der Waals surface area (Å²) in [6.45, 7) is 0. The van der Waals surface area contributed by atoms with Gasteiger partial charge >= 0.3 is 0 Å². The third-order valence-electron chi connectivity index (χ3n) is 3.86. The van der Waals surface area contributed by atoms with Crippen molar-refractivity contribution in [1.82, 2.24) is 15.0 Å². The number of rotatable bonds is 4. The van der Waals surface area contributed by atoms with Crippen molar-refractivity contribution >= 4 is 40.4 Å². The van der Waals surface area contributed by atoms with Gasteiger partial charge in [0.2, 0.25) is 0 Å². The second-order valence-electron chi connectivity index (χ2n) is 5.67. The number of nitrogens with zero attached hydrogens (tertiary/aromatic N) is 3. The zero-order chi connectivity index (χ0) is 16.7. The summed E-state index contributed by atoms with van der Waals surface area (Å²) in [6, 6.07) is 7.43. The summed E-state index contributed by atoms with van der Waals surface area (Å²) in [5.41, 5.74) is 9.25.